The lowest BCUT2D eigenvalue weighted by molar-refractivity contribution is 0.335. The third-order valence-corrected chi connectivity index (χ3v) is 3.60. The molecule has 25 heavy (non-hydrogen) atoms. The Balaban J connectivity index is 2.33. The van der Waals surface area contributed by atoms with Crippen molar-refractivity contribution in [2.75, 3.05) is 12.0 Å². The van der Waals surface area contributed by atoms with Crippen molar-refractivity contribution in [3.05, 3.63) is 47.5 Å². The lowest BCUT2D eigenvalue weighted by Gasteiger charge is -2.13. The van der Waals surface area contributed by atoms with E-state index in [9.17, 15) is 0 Å². The molecule has 128 valence electrons. The molecule has 0 aliphatic carbocycles. The summed E-state index contributed by atoms with van der Waals surface area (Å²) in [6.07, 6.45) is 0. The Morgan fingerprint density at radius 3 is 2.48 bits per heavy atom. The molecule has 0 heterocycles. The van der Waals surface area contributed by atoms with Gasteiger partial charge >= 0.3 is 0 Å². The fraction of sp³-hybridized carbons (Fsp3) is 0.211. The highest BCUT2D eigenvalue weighted by molar-refractivity contribution is 6.45. The summed E-state index contributed by atoms with van der Waals surface area (Å²) < 4.78 is 5.69. The average Bonchev–Trinajstić information content (AvgIpc) is 2.58. The zero-order chi connectivity index (χ0) is 18.4. The number of nitrogens with one attached hydrogen (secondary N) is 2. The predicted molar refractivity (Wildman–Crippen MR) is 101 cm³/mol. The third-order valence-electron chi connectivity index (χ3n) is 3.60. The molecule has 0 saturated heterocycles. The van der Waals surface area contributed by atoms with Crippen molar-refractivity contribution in [3.63, 3.8) is 0 Å². The van der Waals surface area contributed by atoms with Crippen molar-refractivity contribution < 1.29 is 4.74 Å². The monoisotopic (exact) mass is 335 g/mol. The lowest BCUT2D eigenvalue weighted by Crippen LogP contribution is -2.21. The van der Waals surface area contributed by atoms with E-state index in [1.807, 2.05) is 45.0 Å². The van der Waals surface area contributed by atoms with E-state index in [0.29, 0.717) is 12.3 Å². The van der Waals surface area contributed by atoms with Crippen LogP contribution in [0.15, 0.2) is 41.5 Å². The number of ether oxygens (including phenoxy) is 1. The summed E-state index contributed by atoms with van der Waals surface area (Å²) in [6.45, 7) is 6.66. The van der Waals surface area contributed by atoms with Crippen LogP contribution in [-0.4, -0.2) is 18.2 Å². The molecule has 6 nitrogen and oxygen atoms in total. The zero-order valence-corrected chi connectivity index (χ0v) is 14.6. The van der Waals surface area contributed by atoms with Crippen LogP contribution in [0.5, 0.6) is 5.75 Å². The highest BCUT2D eigenvalue weighted by atomic mass is 16.5. The fourth-order valence-electron chi connectivity index (χ4n) is 2.52. The van der Waals surface area contributed by atoms with E-state index < -0.39 is 0 Å². The maximum atomic E-state index is 8.88. The van der Waals surface area contributed by atoms with E-state index in [2.05, 4.69) is 22.7 Å². The Kier molecular flexibility index (Phi) is 5.75. The zero-order valence-electron chi connectivity index (χ0n) is 14.6. The molecule has 0 aromatic heterocycles. The molecule has 0 atom stereocenters. The Morgan fingerprint density at radius 1 is 1.24 bits per heavy atom. The van der Waals surface area contributed by atoms with Gasteiger partial charge in [0, 0.05) is 0 Å². The molecule has 0 aliphatic heterocycles. The number of benzene rings is 2. The lowest BCUT2D eigenvalue weighted by atomic mass is 9.99. The van der Waals surface area contributed by atoms with Crippen molar-refractivity contribution in [3.8, 4) is 22.9 Å². The van der Waals surface area contributed by atoms with Gasteiger partial charge < -0.3 is 10.5 Å². The molecule has 2 rings (SSSR count). The van der Waals surface area contributed by atoms with Gasteiger partial charge in [0.05, 0.1) is 12.3 Å². The number of amidine groups is 1. The van der Waals surface area contributed by atoms with Crippen LogP contribution in [0.3, 0.4) is 0 Å². The second kappa shape index (κ2) is 7.97. The normalized spacial score (nSPS) is 10.9. The molecule has 0 aliphatic rings. The van der Waals surface area contributed by atoms with Gasteiger partial charge in [0.2, 0.25) is 5.71 Å². The maximum absolute atomic E-state index is 8.88. The first-order valence-electron chi connectivity index (χ1n) is 7.89. The quantitative estimate of drug-likeness (QED) is 0.426. The first kappa shape index (κ1) is 18.0. The van der Waals surface area contributed by atoms with Gasteiger partial charge in [-0.15, -0.1) is 0 Å². The molecule has 0 saturated carbocycles. The Hall–Kier alpha value is -3.33. The second-order valence-electron chi connectivity index (χ2n) is 5.55. The molecule has 0 bridgehead atoms. The topological polar surface area (TPSA) is 107 Å². The largest absolute Gasteiger partial charge is 0.493 e. The van der Waals surface area contributed by atoms with E-state index in [-0.39, 0.29) is 11.5 Å². The average molecular weight is 335 g/mol. The minimum Gasteiger partial charge on any atom is -0.493 e. The summed E-state index contributed by atoms with van der Waals surface area (Å²) in [7, 11) is 0. The van der Waals surface area contributed by atoms with Crippen molar-refractivity contribution in [2.45, 2.75) is 20.8 Å². The number of hydrogen-bond acceptors (Lipinski definition) is 5. The third kappa shape index (κ3) is 4.36. The standard InChI is InChI=1S/C19H21N5O/c1-4-25-18-12(2)8-15(9-13(18)3)14-6-5-7-16(10-14)23-24-17(11-20)19(21)22/h5-10,23H,4H2,1-3H3,(H3,21,22)/b24-17+. The van der Waals surface area contributed by atoms with Gasteiger partial charge in [-0.2, -0.15) is 10.4 Å². The summed E-state index contributed by atoms with van der Waals surface area (Å²) in [5, 5.41) is 20.0. The fourth-order valence-corrected chi connectivity index (χ4v) is 2.52. The highest BCUT2D eigenvalue weighted by Crippen LogP contribution is 2.31. The van der Waals surface area contributed by atoms with Crippen molar-refractivity contribution in [2.24, 2.45) is 10.8 Å². The van der Waals surface area contributed by atoms with Crippen LogP contribution < -0.4 is 15.9 Å². The van der Waals surface area contributed by atoms with Crippen molar-refractivity contribution in [1.82, 2.24) is 0 Å². The number of hydrogen-bond donors (Lipinski definition) is 3. The minimum atomic E-state index is -0.371. The molecule has 0 unspecified atom stereocenters. The van der Waals surface area contributed by atoms with E-state index in [0.717, 1.165) is 28.0 Å². The number of nitrogens with zero attached hydrogens (tertiary/aromatic N) is 2. The number of nitrogens with two attached hydrogens (primary N) is 1. The summed E-state index contributed by atoms with van der Waals surface area (Å²) >= 11 is 0. The maximum Gasteiger partial charge on any atom is 0.201 e. The van der Waals surface area contributed by atoms with Crippen molar-refractivity contribution in [1.29, 1.82) is 10.7 Å². The van der Waals surface area contributed by atoms with Gasteiger partial charge in [-0.1, -0.05) is 12.1 Å². The Morgan fingerprint density at radius 2 is 1.92 bits per heavy atom. The van der Waals surface area contributed by atoms with E-state index in [4.69, 9.17) is 21.1 Å². The smallest absolute Gasteiger partial charge is 0.201 e. The van der Waals surface area contributed by atoms with E-state index in [1.54, 1.807) is 6.07 Å². The minimum absolute atomic E-state index is 0.154. The van der Waals surface area contributed by atoms with Crippen LogP contribution in [0.4, 0.5) is 5.69 Å². The molecule has 0 amide bonds. The number of aryl methyl sites for hydroxylation is 2. The summed E-state index contributed by atoms with van der Waals surface area (Å²) in [6, 6.07) is 13.6. The Labute approximate surface area is 147 Å². The van der Waals surface area contributed by atoms with E-state index in [1.165, 1.54) is 0 Å². The molecule has 0 fully saturated rings. The molecule has 2 aromatic carbocycles. The summed E-state index contributed by atoms with van der Waals surface area (Å²) in [4.78, 5) is 0. The molecular weight excluding hydrogens is 314 g/mol. The van der Waals surface area contributed by atoms with Crippen LogP contribution in [0.1, 0.15) is 18.1 Å². The molecule has 0 radical (unpaired) electrons. The Bertz CT molecular complexity index is 841. The number of hydrazone groups is 1. The SMILES string of the molecule is CCOc1c(C)cc(-c2cccc(N/N=C(\C#N)C(=N)N)c2)cc1C. The molecule has 6 heteroatoms. The summed E-state index contributed by atoms with van der Waals surface area (Å²) in [5.41, 5.74) is 12.8. The van der Waals surface area contributed by atoms with Gasteiger partial charge in [0.25, 0.3) is 0 Å². The van der Waals surface area contributed by atoms with Gasteiger partial charge in [-0.3, -0.25) is 10.8 Å². The van der Waals surface area contributed by atoms with Crippen LogP contribution in [0.25, 0.3) is 11.1 Å². The predicted octanol–water partition coefficient (Wildman–Crippen LogP) is 3.60. The van der Waals surface area contributed by atoms with Crippen LogP contribution in [0.2, 0.25) is 0 Å². The highest BCUT2D eigenvalue weighted by Gasteiger charge is 2.08. The van der Waals surface area contributed by atoms with Crippen LogP contribution in [-0.2, 0) is 0 Å². The molecule has 4 N–H and O–H groups in total. The summed E-state index contributed by atoms with van der Waals surface area (Å²) in [5.74, 6) is 0.550. The number of nitriles is 1. The molecule has 0 spiro atoms. The van der Waals surface area contributed by atoms with Crippen LogP contribution in [0, 0.1) is 30.6 Å². The van der Waals surface area contributed by atoms with E-state index >= 15 is 0 Å². The first-order valence-corrected chi connectivity index (χ1v) is 7.89. The van der Waals surface area contributed by atoms with Gasteiger partial charge in [-0.25, -0.2) is 0 Å². The first-order chi connectivity index (χ1) is 12.0. The number of rotatable bonds is 6. The van der Waals surface area contributed by atoms with Crippen molar-refractivity contribution >= 4 is 17.2 Å². The van der Waals surface area contributed by atoms with Gasteiger partial charge in [-0.05, 0) is 67.3 Å². The molecular formula is C19H21N5O. The van der Waals surface area contributed by atoms with Gasteiger partial charge in [0.15, 0.2) is 5.84 Å². The van der Waals surface area contributed by atoms with Gasteiger partial charge in [0.1, 0.15) is 11.8 Å². The number of anilines is 1. The van der Waals surface area contributed by atoms with Crippen LogP contribution >= 0.6 is 0 Å². The molecule has 2 aromatic rings. The second-order valence-corrected chi connectivity index (χ2v) is 5.55.